The Morgan fingerprint density at radius 2 is 1.81 bits per heavy atom. The van der Waals surface area contributed by atoms with Crippen LogP contribution in [0.5, 0.6) is 5.75 Å². The third kappa shape index (κ3) is 7.01. The van der Waals surface area contributed by atoms with Gasteiger partial charge < -0.3 is 9.64 Å². The van der Waals surface area contributed by atoms with Crippen molar-refractivity contribution < 1.29 is 17.9 Å². The normalized spacial score (nSPS) is 15.8. The van der Waals surface area contributed by atoms with E-state index in [1.807, 2.05) is 33.2 Å². The van der Waals surface area contributed by atoms with Gasteiger partial charge >= 0.3 is 0 Å². The highest BCUT2D eigenvalue weighted by Gasteiger charge is 2.45. The number of likely N-dealkylation sites (N-methyl/N-ethyl adjacent to an activating group) is 1. The van der Waals surface area contributed by atoms with E-state index in [4.69, 9.17) is 4.74 Å². The van der Waals surface area contributed by atoms with Gasteiger partial charge in [0.05, 0.1) is 0 Å². The van der Waals surface area contributed by atoms with Gasteiger partial charge in [-0.05, 0) is 94.4 Å². The maximum atomic E-state index is 13.3. The highest BCUT2D eigenvalue weighted by Crippen LogP contribution is 2.35. The van der Waals surface area contributed by atoms with Gasteiger partial charge in [0, 0.05) is 26.1 Å². The van der Waals surface area contributed by atoms with E-state index in [0.717, 1.165) is 43.5 Å². The molecule has 2 aromatic rings. The molecule has 0 amide bonds. The Kier molecular flexibility index (Phi) is 9.95. The molecule has 1 aliphatic heterocycles. The second-order valence-electron chi connectivity index (χ2n) is 11.0. The number of Topliss-reactive ketones (excluding diaryl/α,β-unsaturated/α-hetero) is 1. The highest BCUT2D eigenvalue weighted by atomic mass is 32.2. The van der Waals surface area contributed by atoms with Crippen molar-refractivity contribution in [1.82, 2.24) is 9.21 Å². The van der Waals surface area contributed by atoms with E-state index < -0.39 is 14.8 Å². The van der Waals surface area contributed by atoms with Crippen molar-refractivity contribution >= 4 is 15.8 Å². The molecule has 0 unspecified atom stereocenters. The Bertz CT molecular complexity index is 1170. The van der Waals surface area contributed by atoms with E-state index in [1.54, 1.807) is 13.8 Å². The predicted octanol–water partition coefficient (Wildman–Crippen LogP) is 5.65. The Hall–Kier alpha value is -2.22. The van der Waals surface area contributed by atoms with Gasteiger partial charge in [-0.25, -0.2) is 12.7 Å². The van der Waals surface area contributed by atoms with E-state index >= 15 is 0 Å². The van der Waals surface area contributed by atoms with Crippen molar-refractivity contribution in [3.05, 3.63) is 53.6 Å². The van der Waals surface area contributed by atoms with Gasteiger partial charge in [-0.2, -0.15) is 0 Å². The maximum Gasteiger partial charge on any atom is 0.226 e. The summed E-state index contributed by atoms with van der Waals surface area (Å²) in [5, 5.41) is 0. The molecule has 204 valence electrons. The van der Waals surface area contributed by atoms with Gasteiger partial charge in [-0.15, -0.1) is 0 Å². The van der Waals surface area contributed by atoms with Gasteiger partial charge in [0.15, 0.2) is 5.78 Å². The molecule has 0 spiro atoms. The topological polar surface area (TPSA) is 66.9 Å². The molecule has 6 nitrogen and oxygen atoms in total. The summed E-state index contributed by atoms with van der Waals surface area (Å²) in [6.45, 7) is 9.68. The molecule has 1 aliphatic rings. The van der Waals surface area contributed by atoms with Crippen molar-refractivity contribution in [3.63, 3.8) is 0 Å². The Morgan fingerprint density at radius 3 is 2.43 bits per heavy atom. The van der Waals surface area contributed by atoms with Gasteiger partial charge in [0.25, 0.3) is 0 Å². The number of hydrogen-bond donors (Lipinski definition) is 0. The maximum absolute atomic E-state index is 13.3. The summed E-state index contributed by atoms with van der Waals surface area (Å²) in [4.78, 5) is 14.8. The molecule has 7 heteroatoms. The van der Waals surface area contributed by atoms with Crippen LogP contribution in [-0.4, -0.2) is 68.5 Å². The number of hydrogen-bond acceptors (Lipinski definition) is 5. The van der Waals surface area contributed by atoms with Crippen molar-refractivity contribution in [2.75, 3.05) is 40.3 Å². The number of ketones is 1. The number of benzene rings is 2. The minimum absolute atomic E-state index is 0.185. The zero-order chi connectivity index (χ0) is 27.2. The minimum Gasteiger partial charge on any atom is -0.492 e. The fraction of sp³-hybridized carbons (Fsp3) is 0.567. The number of sulfonamides is 1. The molecule has 1 fully saturated rings. The standard InChI is InChI=1S/C30H44N2O4S/c1-7-8-12-29(33)30(3,4)37(34,35)32-17-15-24(16-18-32)25-13-14-28(23(2)21-25)26-10-9-11-27(22-26)36-20-19-31(5)6/h9-11,13-14,21-22,24H,7-8,12,15-20H2,1-6H3. The monoisotopic (exact) mass is 528 g/mol. The summed E-state index contributed by atoms with van der Waals surface area (Å²) in [7, 11) is 0.369. The molecule has 0 atom stereocenters. The molecule has 37 heavy (non-hydrogen) atoms. The third-order valence-corrected chi connectivity index (χ3v) is 10.1. The highest BCUT2D eigenvalue weighted by molar-refractivity contribution is 7.91. The molecular weight excluding hydrogens is 484 g/mol. The van der Waals surface area contributed by atoms with Crippen molar-refractivity contribution in [3.8, 4) is 16.9 Å². The first-order chi connectivity index (χ1) is 17.5. The van der Waals surface area contributed by atoms with Crippen LogP contribution in [0.4, 0.5) is 0 Å². The van der Waals surface area contributed by atoms with Crippen molar-refractivity contribution in [2.24, 2.45) is 0 Å². The largest absolute Gasteiger partial charge is 0.492 e. The smallest absolute Gasteiger partial charge is 0.226 e. The summed E-state index contributed by atoms with van der Waals surface area (Å²) < 4.78 is 32.7. The van der Waals surface area contributed by atoms with Crippen molar-refractivity contribution in [2.45, 2.75) is 70.5 Å². The van der Waals surface area contributed by atoms with Gasteiger partial charge in [-0.3, -0.25) is 4.79 Å². The molecule has 0 aliphatic carbocycles. The van der Waals surface area contributed by atoms with Gasteiger partial charge in [0.2, 0.25) is 10.0 Å². The fourth-order valence-corrected chi connectivity index (χ4v) is 6.63. The number of carbonyl (C=O) groups excluding carboxylic acids is 1. The number of piperidine rings is 1. The molecule has 3 rings (SSSR count). The first kappa shape index (κ1) is 29.3. The zero-order valence-electron chi connectivity index (χ0n) is 23.4. The molecule has 2 aromatic carbocycles. The zero-order valence-corrected chi connectivity index (χ0v) is 24.2. The second-order valence-corrected chi connectivity index (χ2v) is 13.5. The van der Waals surface area contributed by atoms with Crippen LogP contribution >= 0.6 is 0 Å². The minimum atomic E-state index is -3.69. The average Bonchev–Trinajstić information content (AvgIpc) is 2.87. The summed E-state index contributed by atoms with van der Waals surface area (Å²) in [6.07, 6.45) is 3.43. The lowest BCUT2D eigenvalue weighted by Crippen LogP contribution is -2.51. The first-order valence-electron chi connectivity index (χ1n) is 13.5. The van der Waals surface area contributed by atoms with Crippen LogP contribution in [0.25, 0.3) is 11.1 Å². The molecule has 0 aromatic heterocycles. The molecule has 1 heterocycles. The third-order valence-electron chi connectivity index (χ3n) is 7.54. The number of aryl methyl sites for hydroxylation is 1. The quantitative estimate of drug-likeness (QED) is 0.356. The van der Waals surface area contributed by atoms with E-state index in [0.29, 0.717) is 32.0 Å². The van der Waals surface area contributed by atoms with Crippen molar-refractivity contribution in [1.29, 1.82) is 0 Å². The SMILES string of the molecule is CCCCC(=O)C(C)(C)S(=O)(=O)N1CCC(c2ccc(-c3cccc(OCCN(C)C)c3)c(C)c2)CC1. The number of carbonyl (C=O) groups is 1. The van der Waals surface area contributed by atoms with Crippen LogP contribution in [0, 0.1) is 6.92 Å². The van der Waals surface area contributed by atoms with Crippen LogP contribution in [0.3, 0.4) is 0 Å². The van der Waals surface area contributed by atoms with Crippen LogP contribution in [0.2, 0.25) is 0 Å². The second kappa shape index (κ2) is 12.5. The summed E-state index contributed by atoms with van der Waals surface area (Å²) in [5.74, 6) is 0.987. The van der Waals surface area contributed by atoms with E-state index in [9.17, 15) is 13.2 Å². The lowest BCUT2D eigenvalue weighted by molar-refractivity contribution is -0.121. The van der Waals surface area contributed by atoms with Gasteiger partial charge in [-0.1, -0.05) is 43.7 Å². The molecule has 1 saturated heterocycles. The predicted molar refractivity (Wildman–Crippen MR) is 152 cm³/mol. The fourth-order valence-electron chi connectivity index (χ4n) is 4.90. The molecule has 0 bridgehead atoms. The summed E-state index contributed by atoms with van der Waals surface area (Å²) >= 11 is 0. The van der Waals surface area contributed by atoms with Gasteiger partial charge in [0.1, 0.15) is 17.1 Å². The lowest BCUT2D eigenvalue weighted by atomic mass is 9.87. The molecule has 0 saturated carbocycles. The summed E-state index contributed by atoms with van der Waals surface area (Å²) in [5.41, 5.74) is 4.74. The first-order valence-corrected chi connectivity index (χ1v) is 14.9. The number of ether oxygens (including phenoxy) is 1. The Labute approximate surface area is 224 Å². The van der Waals surface area contributed by atoms with Crippen LogP contribution in [0.1, 0.15) is 69.9 Å². The number of unbranched alkanes of at least 4 members (excludes halogenated alkanes) is 1. The van der Waals surface area contributed by atoms with Crippen LogP contribution in [-0.2, 0) is 14.8 Å². The molecule has 0 radical (unpaired) electrons. The Balaban J connectivity index is 1.67. The Morgan fingerprint density at radius 1 is 1.11 bits per heavy atom. The van der Waals surface area contributed by atoms with Crippen LogP contribution < -0.4 is 4.74 Å². The van der Waals surface area contributed by atoms with E-state index in [1.165, 1.54) is 21.0 Å². The lowest BCUT2D eigenvalue weighted by Gasteiger charge is -2.36. The van der Waals surface area contributed by atoms with E-state index in [2.05, 4.69) is 42.2 Å². The average molecular weight is 529 g/mol. The molecule has 0 N–H and O–H groups in total. The summed E-state index contributed by atoms with van der Waals surface area (Å²) in [6, 6.07) is 14.8. The number of nitrogens with zero attached hydrogens (tertiary/aromatic N) is 2. The van der Waals surface area contributed by atoms with E-state index in [-0.39, 0.29) is 5.78 Å². The number of rotatable bonds is 12. The molecular formula is C30H44N2O4S. The van der Waals surface area contributed by atoms with Crippen LogP contribution in [0.15, 0.2) is 42.5 Å².